The zero-order valence-corrected chi connectivity index (χ0v) is 16.9. The number of aryl methyl sites for hydroxylation is 1. The summed E-state index contributed by atoms with van der Waals surface area (Å²) in [4.78, 5) is 23.9. The van der Waals surface area contributed by atoms with Crippen LogP contribution in [0.2, 0.25) is 0 Å². The topological polar surface area (TPSA) is 41.4 Å². The van der Waals surface area contributed by atoms with E-state index in [0.29, 0.717) is 12.6 Å². The standard InChI is InChI=1S/C21H28N4OS/c1-23-17-6-3-2-5-16(17)22-21(23)18-7-4-10-24(18)14-20(26)25-11-8-19-15(13-25)9-12-27-19/h9,12,18H,2-8,10-11,13-14H2,1H3/t18-/m0/s1. The minimum atomic E-state index is 0.276. The van der Waals surface area contributed by atoms with Crippen LogP contribution in [0.1, 0.15) is 59.4 Å². The molecule has 27 heavy (non-hydrogen) atoms. The number of carbonyl (C=O) groups is 1. The van der Waals surface area contributed by atoms with E-state index in [1.54, 1.807) is 0 Å². The first-order chi connectivity index (χ1) is 13.2. The molecule has 0 saturated carbocycles. The van der Waals surface area contributed by atoms with Crippen LogP contribution >= 0.6 is 11.3 Å². The van der Waals surface area contributed by atoms with Crippen LogP contribution in [0.15, 0.2) is 11.4 Å². The number of carbonyl (C=O) groups excluding carboxylic acids is 1. The van der Waals surface area contributed by atoms with Gasteiger partial charge in [0, 0.05) is 30.7 Å². The molecule has 0 N–H and O–H groups in total. The summed E-state index contributed by atoms with van der Waals surface area (Å²) in [6.45, 7) is 3.18. The predicted octanol–water partition coefficient (Wildman–Crippen LogP) is 3.08. The molecule has 2 aliphatic heterocycles. The van der Waals surface area contributed by atoms with E-state index in [4.69, 9.17) is 4.98 Å². The fourth-order valence-electron chi connectivity index (χ4n) is 5.05. The molecule has 4 heterocycles. The van der Waals surface area contributed by atoms with Gasteiger partial charge in [0.15, 0.2) is 0 Å². The molecule has 0 spiro atoms. The Morgan fingerprint density at radius 3 is 3.00 bits per heavy atom. The van der Waals surface area contributed by atoms with Gasteiger partial charge in [0.2, 0.25) is 5.91 Å². The number of imidazole rings is 1. The summed E-state index contributed by atoms with van der Waals surface area (Å²) in [5.41, 5.74) is 4.07. The summed E-state index contributed by atoms with van der Waals surface area (Å²) in [5, 5.41) is 2.15. The van der Waals surface area contributed by atoms with Crippen molar-refractivity contribution < 1.29 is 4.79 Å². The summed E-state index contributed by atoms with van der Waals surface area (Å²) in [6.07, 6.45) is 8.09. The van der Waals surface area contributed by atoms with Crippen molar-refractivity contribution in [1.82, 2.24) is 19.4 Å². The first-order valence-corrected chi connectivity index (χ1v) is 11.2. The van der Waals surface area contributed by atoms with Crippen LogP contribution in [0.4, 0.5) is 0 Å². The van der Waals surface area contributed by atoms with Gasteiger partial charge in [-0.3, -0.25) is 9.69 Å². The lowest BCUT2D eigenvalue weighted by molar-refractivity contribution is -0.133. The molecular formula is C21H28N4OS. The van der Waals surface area contributed by atoms with Crippen LogP contribution < -0.4 is 0 Å². The Bertz CT molecular complexity index is 854. The average molecular weight is 385 g/mol. The first kappa shape index (κ1) is 17.4. The van der Waals surface area contributed by atoms with Gasteiger partial charge in [-0.25, -0.2) is 4.98 Å². The largest absolute Gasteiger partial charge is 0.337 e. The SMILES string of the molecule is Cn1c([C@@H]2CCCN2CC(=O)N2CCc3sccc3C2)nc2c1CCCC2. The highest BCUT2D eigenvalue weighted by Crippen LogP contribution is 2.34. The van der Waals surface area contributed by atoms with Gasteiger partial charge in [-0.15, -0.1) is 11.3 Å². The second-order valence-electron chi connectivity index (χ2n) is 8.19. The van der Waals surface area contributed by atoms with Crippen molar-refractivity contribution in [3.05, 3.63) is 39.1 Å². The van der Waals surface area contributed by atoms with Crippen molar-refractivity contribution in [2.75, 3.05) is 19.6 Å². The second-order valence-corrected chi connectivity index (χ2v) is 9.19. The smallest absolute Gasteiger partial charge is 0.237 e. The van der Waals surface area contributed by atoms with Gasteiger partial charge in [0.05, 0.1) is 18.3 Å². The summed E-state index contributed by atoms with van der Waals surface area (Å²) in [6, 6.07) is 2.47. The number of thiophene rings is 1. The Morgan fingerprint density at radius 1 is 1.22 bits per heavy atom. The van der Waals surface area contributed by atoms with E-state index in [2.05, 4.69) is 28.0 Å². The third kappa shape index (κ3) is 3.13. The number of hydrogen-bond donors (Lipinski definition) is 0. The zero-order chi connectivity index (χ0) is 18.4. The van der Waals surface area contributed by atoms with Gasteiger partial charge in [-0.2, -0.15) is 0 Å². The monoisotopic (exact) mass is 384 g/mol. The Balaban J connectivity index is 1.31. The molecule has 0 aromatic carbocycles. The van der Waals surface area contributed by atoms with Gasteiger partial charge in [0.1, 0.15) is 5.82 Å². The average Bonchev–Trinajstić information content (AvgIpc) is 3.40. The van der Waals surface area contributed by atoms with Gasteiger partial charge < -0.3 is 9.47 Å². The van der Waals surface area contributed by atoms with E-state index in [9.17, 15) is 4.79 Å². The van der Waals surface area contributed by atoms with E-state index in [0.717, 1.165) is 51.7 Å². The number of nitrogens with zero attached hydrogens (tertiary/aromatic N) is 4. The van der Waals surface area contributed by atoms with Crippen molar-refractivity contribution in [3.63, 3.8) is 0 Å². The van der Waals surface area contributed by atoms with Crippen LogP contribution in [-0.2, 0) is 37.6 Å². The fourth-order valence-corrected chi connectivity index (χ4v) is 5.94. The van der Waals surface area contributed by atoms with Crippen LogP contribution in [0.3, 0.4) is 0 Å². The number of fused-ring (bicyclic) bond motifs is 2. The van der Waals surface area contributed by atoms with Gasteiger partial charge >= 0.3 is 0 Å². The maximum Gasteiger partial charge on any atom is 0.237 e. The van der Waals surface area contributed by atoms with Crippen LogP contribution in [-0.4, -0.2) is 44.9 Å². The molecule has 3 aliphatic rings. The number of likely N-dealkylation sites (tertiary alicyclic amines) is 1. The number of hydrogen-bond acceptors (Lipinski definition) is 4. The summed E-state index contributed by atoms with van der Waals surface area (Å²) >= 11 is 1.82. The van der Waals surface area contributed by atoms with Crippen molar-refractivity contribution in [2.45, 2.75) is 57.5 Å². The van der Waals surface area contributed by atoms with Gasteiger partial charge in [-0.1, -0.05) is 0 Å². The Hall–Kier alpha value is -1.66. The van der Waals surface area contributed by atoms with Crippen molar-refractivity contribution in [1.29, 1.82) is 0 Å². The minimum Gasteiger partial charge on any atom is -0.337 e. The minimum absolute atomic E-state index is 0.276. The molecule has 6 heteroatoms. The molecular weight excluding hydrogens is 356 g/mol. The molecule has 1 fully saturated rings. The highest BCUT2D eigenvalue weighted by Gasteiger charge is 2.34. The maximum absolute atomic E-state index is 13.0. The lowest BCUT2D eigenvalue weighted by Gasteiger charge is -2.30. The maximum atomic E-state index is 13.0. The van der Waals surface area contributed by atoms with Gasteiger partial charge in [0.25, 0.3) is 0 Å². The number of aromatic nitrogens is 2. The molecule has 1 aliphatic carbocycles. The van der Waals surface area contributed by atoms with E-state index in [1.165, 1.54) is 40.5 Å². The quantitative estimate of drug-likeness (QED) is 0.817. The van der Waals surface area contributed by atoms with Crippen molar-refractivity contribution in [3.8, 4) is 0 Å². The predicted molar refractivity (Wildman–Crippen MR) is 107 cm³/mol. The number of amides is 1. The highest BCUT2D eigenvalue weighted by atomic mass is 32.1. The van der Waals surface area contributed by atoms with E-state index in [-0.39, 0.29) is 5.91 Å². The summed E-state index contributed by atoms with van der Waals surface area (Å²) in [5.74, 6) is 1.46. The lowest BCUT2D eigenvalue weighted by Crippen LogP contribution is -2.42. The van der Waals surface area contributed by atoms with Crippen molar-refractivity contribution >= 4 is 17.2 Å². The third-order valence-electron chi connectivity index (χ3n) is 6.57. The molecule has 144 valence electrons. The van der Waals surface area contributed by atoms with Crippen LogP contribution in [0.25, 0.3) is 0 Å². The molecule has 1 amide bonds. The Labute approximate surface area is 165 Å². The molecule has 2 aromatic heterocycles. The molecule has 0 unspecified atom stereocenters. The molecule has 0 bridgehead atoms. The second kappa shape index (κ2) is 7.06. The first-order valence-electron chi connectivity index (χ1n) is 10.3. The highest BCUT2D eigenvalue weighted by molar-refractivity contribution is 7.10. The third-order valence-corrected chi connectivity index (χ3v) is 7.59. The van der Waals surface area contributed by atoms with E-state index < -0.39 is 0 Å². The Morgan fingerprint density at radius 2 is 2.11 bits per heavy atom. The zero-order valence-electron chi connectivity index (χ0n) is 16.1. The molecule has 5 nitrogen and oxygen atoms in total. The molecule has 1 atom stereocenters. The van der Waals surface area contributed by atoms with E-state index >= 15 is 0 Å². The lowest BCUT2D eigenvalue weighted by atomic mass is 10.0. The Kier molecular flexibility index (Phi) is 4.56. The number of rotatable bonds is 3. The summed E-state index contributed by atoms with van der Waals surface area (Å²) < 4.78 is 2.33. The fraction of sp³-hybridized carbons (Fsp3) is 0.619. The van der Waals surface area contributed by atoms with Crippen molar-refractivity contribution in [2.24, 2.45) is 7.05 Å². The molecule has 1 saturated heterocycles. The van der Waals surface area contributed by atoms with Gasteiger partial charge in [-0.05, 0) is 68.5 Å². The molecule has 2 aromatic rings. The molecule has 0 radical (unpaired) electrons. The molecule has 5 rings (SSSR count). The van der Waals surface area contributed by atoms with E-state index in [1.807, 2.05) is 16.2 Å². The summed E-state index contributed by atoms with van der Waals surface area (Å²) in [7, 11) is 2.17. The van der Waals surface area contributed by atoms with Crippen LogP contribution in [0, 0.1) is 0 Å². The normalized spacial score (nSPS) is 22.7. The van der Waals surface area contributed by atoms with Crippen LogP contribution in [0.5, 0.6) is 0 Å².